The summed E-state index contributed by atoms with van der Waals surface area (Å²) in [6.07, 6.45) is 2.11. The zero-order valence-electron chi connectivity index (χ0n) is 12.9. The lowest BCUT2D eigenvalue weighted by Gasteiger charge is -2.34. The maximum Gasteiger partial charge on any atom is 0.118 e. The van der Waals surface area contributed by atoms with Crippen molar-refractivity contribution in [3.63, 3.8) is 0 Å². The predicted octanol–water partition coefficient (Wildman–Crippen LogP) is 3.10. The fourth-order valence-electron chi connectivity index (χ4n) is 2.98. The van der Waals surface area contributed by atoms with Gasteiger partial charge < -0.3 is 14.7 Å². The number of piperidine rings is 1. The number of hydrogen-bond donors (Lipinski definition) is 1. The molecule has 0 spiro atoms. The van der Waals surface area contributed by atoms with Crippen molar-refractivity contribution in [1.82, 2.24) is 4.90 Å². The molecule has 1 aromatic rings. The molecule has 0 amide bonds. The lowest BCUT2D eigenvalue weighted by molar-refractivity contribution is 0.0818. The van der Waals surface area contributed by atoms with Crippen LogP contribution in [0.4, 0.5) is 0 Å². The minimum Gasteiger partial charge on any atom is -0.497 e. The Bertz CT molecular complexity index is 394. The summed E-state index contributed by atoms with van der Waals surface area (Å²) in [4.78, 5) is 2.38. The third-order valence-corrected chi connectivity index (χ3v) is 4.51. The van der Waals surface area contributed by atoms with Crippen LogP contribution in [-0.2, 0) is 0 Å². The van der Waals surface area contributed by atoms with Crippen molar-refractivity contribution in [2.24, 2.45) is 11.8 Å². The Morgan fingerprint density at radius 1 is 1.20 bits per heavy atom. The molecule has 0 saturated carbocycles. The van der Waals surface area contributed by atoms with E-state index in [4.69, 9.17) is 4.74 Å². The van der Waals surface area contributed by atoms with Gasteiger partial charge in [0, 0.05) is 6.54 Å². The molecule has 1 heterocycles. The number of ether oxygens (including phenoxy) is 1. The van der Waals surface area contributed by atoms with E-state index in [1.54, 1.807) is 7.11 Å². The fraction of sp³-hybridized carbons (Fsp3) is 0.647. The normalized spacial score (nSPS) is 19.2. The molecule has 1 saturated heterocycles. The highest BCUT2D eigenvalue weighted by atomic mass is 16.5. The Labute approximate surface area is 122 Å². The molecule has 0 aliphatic carbocycles. The lowest BCUT2D eigenvalue weighted by atomic mass is 9.86. The maximum absolute atomic E-state index is 10.3. The molecule has 1 N–H and O–H groups in total. The van der Waals surface area contributed by atoms with Crippen LogP contribution in [0.25, 0.3) is 0 Å². The molecule has 1 aromatic carbocycles. The second kappa shape index (κ2) is 7.09. The molecule has 1 unspecified atom stereocenters. The van der Waals surface area contributed by atoms with E-state index < -0.39 is 6.10 Å². The van der Waals surface area contributed by atoms with Crippen LogP contribution in [0.2, 0.25) is 0 Å². The fourth-order valence-corrected chi connectivity index (χ4v) is 2.98. The number of aliphatic hydroxyl groups is 1. The van der Waals surface area contributed by atoms with Gasteiger partial charge in [-0.2, -0.15) is 0 Å². The highest BCUT2D eigenvalue weighted by Gasteiger charge is 2.23. The van der Waals surface area contributed by atoms with Gasteiger partial charge in [-0.3, -0.25) is 0 Å². The van der Waals surface area contributed by atoms with Crippen LogP contribution >= 0.6 is 0 Å². The van der Waals surface area contributed by atoms with E-state index in [2.05, 4.69) is 18.7 Å². The van der Waals surface area contributed by atoms with Crippen LogP contribution in [0.1, 0.15) is 38.4 Å². The zero-order chi connectivity index (χ0) is 14.5. The second-order valence-electron chi connectivity index (χ2n) is 6.17. The highest BCUT2D eigenvalue weighted by Crippen LogP contribution is 2.26. The van der Waals surface area contributed by atoms with Gasteiger partial charge in [-0.05, 0) is 55.5 Å². The van der Waals surface area contributed by atoms with Crippen LogP contribution in [0.3, 0.4) is 0 Å². The van der Waals surface area contributed by atoms with Crippen LogP contribution in [0.5, 0.6) is 5.75 Å². The quantitative estimate of drug-likeness (QED) is 0.897. The van der Waals surface area contributed by atoms with Crippen molar-refractivity contribution in [1.29, 1.82) is 0 Å². The number of methoxy groups -OCH3 is 1. The van der Waals surface area contributed by atoms with E-state index in [9.17, 15) is 5.11 Å². The summed E-state index contributed by atoms with van der Waals surface area (Å²) in [5.74, 6) is 2.46. The first-order valence-corrected chi connectivity index (χ1v) is 7.64. The van der Waals surface area contributed by atoms with E-state index in [0.29, 0.717) is 0 Å². The van der Waals surface area contributed by atoms with Crippen molar-refractivity contribution < 1.29 is 9.84 Å². The number of likely N-dealkylation sites (tertiary alicyclic amines) is 1. The van der Waals surface area contributed by atoms with Gasteiger partial charge in [0.2, 0.25) is 0 Å². The Morgan fingerprint density at radius 2 is 1.80 bits per heavy atom. The van der Waals surface area contributed by atoms with E-state index >= 15 is 0 Å². The molecule has 1 atom stereocenters. The summed E-state index contributed by atoms with van der Waals surface area (Å²) < 4.78 is 5.14. The number of rotatable bonds is 5. The van der Waals surface area contributed by atoms with Crippen molar-refractivity contribution in [3.05, 3.63) is 29.8 Å². The van der Waals surface area contributed by atoms with Crippen LogP contribution < -0.4 is 4.74 Å². The highest BCUT2D eigenvalue weighted by molar-refractivity contribution is 5.28. The van der Waals surface area contributed by atoms with Gasteiger partial charge >= 0.3 is 0 Å². The summed E-state index contributed by atoms with van der Waals surface area (Å²) in [6, 6.07) is 7.71. The molecule has 3 nitrogen and oxygen atoms in total. The molecule has 0 bridgehead atoms. The summed E-state index contributed by atoms with van der Waals surface area (Å²) >= 11 is 0. The SMILES string of the molecule is COc1ccc(C(O)CN2CCC(C(C)C)CC2)cc1. The summed E-state index contributed by atoms with van der Waals surface area (Å²) in [5, 5.41) is 10.3. The number of hydrogen-bond acceptors (Lipinski definition) is 3. The largest absolute Gasteiger partial charge is 0.497 e. The Balaban J connectivity index is 1.84. The smallest absolute Gasteiger partial charge is 0.118 e. The molecule has 1 fully saturated rings. The van der Waals surface area contributed by atoms with Gasteiger partial charge in [-0.25, -0.2) is 0 Å². The third-order valence-electron chi connectivity index (χ3n) is 4.51. The van der Waals surface area contributed by atoms with Crippen LogP contribution in [0.15, 0.2) is 24.3 Å². The molecule has 20 heavy (non-hydrogen) atoms. The van der Waals surface area contributed by atoms with Crippen molar-refractivity contribution in [3.8, 4) is 5.75 Å². The zero-order valence-corrected chi connectivity index (χ0v) is 12.9. The topological polar surface area (TPSA) is 32.7 Å². The third kappa shape index (κ3) is 3.97. The standard InChI is InChI=1S/C17H27NO2/c1-13(2)14-8-10-18(11-9-14)12-17(19)15-4-6-16(20-3)7-5-15/h4-7,13-14,17,19H,8-12H2,1-3H3. The van der Waals surface area contributed by atoms with Crippen molar-refractivity contribution in [2.45, 2.75) is 32.8 Å². The Hall–Kier alpha value is -1.06. The van der Waals surface area contributed by atoms with Gasteiger partial charge in [0.15, 0.2) is 0 Å². The lowest BCUT2D eigenvalue weighted by Crippen LogP contribution is -2.37. The van der Waals surface area contributed by atoms with Gasteiger partial charge in [0.05, 0.1) is 13.2 Å². The minimum atomic E-state index is -0.406. The van der Waals surface area contributed by atoms with E-state index in [0.717, 1.165) is 42.8 Å². The van der Waals surface area contributed by atoms with Crippen LogP contribution in [0, 0.1) is 11.8 Å². The van der Waals surface area contributed by atoms with Gasteiger partial charge in [-0.1, -0.05) is 26.0 Å². The average molecular weight is 277 g/mol. The maximum atomic E-state index is 10.3. The van der Waals surface area contributed by atoms with E-state index in [1.807, 2.05) is 24.3 Å². The van der Waals surface area contributed by atoms with Gasteiger partial charge in [-0.15, -0.1) is 0 Å². The van der Waals surface area contributed by atoms with E-state index in [1.165, 1.54) is 12.8 Å². The molecule has 0 aromatic heterocycles. The first-order chi connectivity index (χ1) is 9.60. The molecular weight excluding hydrogens is 250 g/mol. The molecule has 2 rings (SSSR count). The minimum absolute atomic E-state index is 0.406. The Morgan fingerprint density at radius 3 is 2.30 bits per heavy atom. The molecule has 1 aliphatic heterocycles. The average Bonchev–Trinajstić information content (AvgIpc) is 2.48. The van der Waals surface area contributed by atoms with E-state index in [-0.39, 0.29) is 0 Å². The summed E-state index contributed by atoms with van der Waals surface area (Å²) in [6.45, 7) is 7.57. The molecular formula is C17H27NO2. The first-order valence-electron chi connectivity index (χ1n) is 7.64. The molecule has 1 aliphatic rings. The monoisotopic (exact) mass is 277 g/mol. The first kappa shape index (κ1) is 15.3. The van der Waals surface area contributed by atoms with Gasteiger partial charge in [0.1, 0.15) is 5.75 Å². The van der Waals surface area contributed by atoms with Crippen molar-refractivity contribution in [2.75, 3.05) is 26.7 Å². The number of β-amino-alcohol motifs (C(OH)–C–C–N with tert-alkyl or cyclic N) is 1. The summed E-state index contributed by atoms with van der Waals surface area (Å²) in [5.41, 5.74) is 0.969. The molecule has 112 valence electrons. The van der Waals surface area contributed by atoms with Gasteiger partial charge in [0.25, 0.3) is 0 Å². The van der Waals surface area contributed by atoms with Crippen molar-refractivity contribution >= 4 is 0 Å². The number of aliphatic hydroxyl groups excluding tert-OH is 1. The number of nitrogens with zero attached hydrogens (tertiary/aromatic N) is 1. The Kier molecular flexibility index (Phi) is 5.44. The summed E-state index contributed by atoms with van der Waals surface area (Å²) in [7, 11) is 1.66. The molecule has 3 heteroatoms. The second-order valence-corrected chi connectivity index (χ2v) is 6.17. The number of benzene rings is 1. The molecule has 0 radical (unpaired) electrons. The predicted molar refractivity (Wildman–Crippen MR) is 82.0 cm³/mol. The van der Waals surface area contributed by atoms with Crippen LogP contribution in [-0.4, -0.2) is 36.8 Å².